The summed E-state index contributed by atoms with van der Waals surface area (Å²) in [6.07, 6.45) is 3.79. The molecule has 1 spiro atoms. The van der Waals surface area contributed by atoms with Crippen molar-refractivity contribution in [3.63, 3.8) is 0 Å². The van der Waals surface area contributed by atoms with Crippen LogP contribution in [0.25, 0.3) is 21.5 Å². The summed E-state index contributed by atoms with van der Waals surface area (Å²) in [6.45, 7) is 15.7. The molecule has 2 N–H and O–H groups in total. The SMILES string of the molecule is CCc1cc(C)cc(CC)c1NC(C)=O.CCc1cc(C)cc(CC)c1NC(C)=O.c1ccc2c(c1)C1=Nc3c4ccccc4c4n3C35n6c(c7ccccc7c6=NC6=[N+]3C(=N4)c3ccccc36)=NC2=[N+]15. The average molecular weight is 935 g/mol. The Kier molecular flexibility index (Phi) is 10.1. The maximum absolute atomic E-state index is 11.1. The minimum atomic E-state index is -0.923. The summed E-state index contributed by atoms with van der Waals surface area (Å²) in [6, 6.07) is 42.6. The van der Waals surface area contributed by atoms with Gasteiger partial charge in [-0.2, -0.15) is 9.13 Å². The summed E-state index contributed by atoms with van der Waals surface area (Å²) in [4.78, 5) is 43.9. The number of amides is 2. The minimum Gasteiger partial charge on any atom is -0.326 e. The number of amidine groups is 4. The highest BCUT2D eigenvalue weighted by Crippen LogP contribution is 2.52. The topological polar surface area (TPSA) is 124 Å². The van der Waals surface area contributed by atoms with E-state index in [0.717, 1.165) is 127 Å². The van der Waals surface area contributed by atoms with Crippen LogP contribution in [0.4, 0.5) is 23.0 Å². The standard InChI is InChI=1S/C33H16N8.2C13H19NO/c1-2-10-18-17(9-1)25-34-27-19-11-3-4-12-20(19)29-36-31-23-15-7-8-16-24(23)32-37-30-22-14-6-5-13-21(22)28-35-26(18)38(25)33(39(27)29,40(28)30)41(31)32;2*1-5-11-7-9(3)8-12(6-2)13(11)14-10(4)15/h1-16H;2*7-8H,5-6H2,1-4H3,(H,14,15)/q+2;;. The number of nitrogens with one attached hydrogen (secondary N) is 2. The molecule has 350 valence electrons. The monoisotopic (exact) mass is 934 g/mol. The zero-order valence-electron chi connectivity index (χ0n) is 41.3. The van der Waals surface area contributed by atoms with Gasteiger partial charge in [-0.25, -0.2) is 0 Å². The molecule has 0 saturated carbocycles. The van der Waals surface area contributed by atoms with Crippen LogP contribution in [0, 0.1) is 13.8 Å². The Bertz CT molecular complexity index is 3670. The fourth-order valence-electron chi connectivity index (χ4n) is 11.5. The highest BCUT2D eigenvalue weighted by molar-refractivity contribution is 6.20. The Labute approximate surface area is 411 Å². The first-order valence-corrected chi connectivity index (χ1v) is 24.7. The van der Waals surface area contributed by atoms with Gasteiger partial charge in [0.25, 0.3) is 23.3 Å². The van der Waals surface area contributed by atoms with Crippen molar-refractivity contribution in [1.82, 2.24) is 9.13 Å². The van der Waals surface area contributed by atoms with Gasteiger partial charge in [-0.05, 0) is 110 Å². The summed E-state index contributed by atoms with van der Waals surface area (Å²) < 4.78 is 9.32. The van der Waals surface area contributed by atoms with Crippen molar-refractivity contribution in [3.05, 3.63) is 188 Å². The van der Waals surface area contributed by atoms with Gasteiger partial charge in [0.05, 0.1) is 22.3 Å². The van der Waals surface area contributed by atoms with E-state index in [9.17, 15) is 9.59 Å². The highest BCUT2D eigenvalue weighted by atomic mass is 16.2. The lowest BCUT2D eigenvalue weighted by Crippen LogP contribution is -2.71. The summed E-state index contributed by atoms with van der Waals surface area (Å²) in [5, 5.41) is 10.2. The summed E-state index contributed by atoms with van der Waals surface area (Å²) in [5.74, 6) is 4.47. The third kappa shape index (κ3) is 6.22. The Morgan fingerprint density at radius 2 is 0.817 bits per heavy atom. The van der Waals surface area contributed by atoms with Crippen LogP contribution < -0.4 is 21.6 Å². The zero-order chi connectivity index (χ0) is 49.0. The first kappa shape index (κ1) is 43.9. The van der Waals surface area contributed by atoms with Gasteiger partial charge in [0, 0.05) is 46.8 Å². The lowest BCUT2D eigenvalue weighted by Gasteiger charge is -2.40. The van der Waals surface area contributed by atoms with Crippen LogP contribution in [-0.4, -0.2) is 53.4 Å². The van der Waals surface area contributed by atoms with Crippen LogP contribution in [0.1, 0.15) is 97.2 Å². The molecule has 0 aliphatic carbocycles. The number of aliphatic imine (C=N–C) groups is 2. The fraction of sp³-hybridized carbons (Fsp3) is 0.220. The van der Waals surface area contributed by atoms with Crippen LogP contribution in [0.3, 0.4) is 0 Å². The quantitative estimate of drug-likeness (QED) is 0.161. The van der Waals surface area contributed by atoms with Crippen LogP contribution in [0.2, 0.25) is 0 Å². The number of nitrogens with zero attached hydrogens (tertiary/aromatic N) is 8. The first-order valence-electron chi connectivity index (χ1n) is 24.7. The van der Waals surface area contributed by atoms with E-state index in [1.807, 2.05) is 0 Å². The number of rotatable bonds is 6. The molecule has 71 heavy (non-hydrogen) atoms. The van der Waals surface area contributed by atoms with E-state index in [2.05, 4.69) is 192 Å². The smallest absolute Gasteiger partial charge is 0.326 e. The second kappa shape index (κ2) is 16.4. The number of anilines is 2. The average Bonchev–Trinajstić information content (AvgIpc) is 4.12. The molecule has 6 aliphatic rings. The minimum absolute atomic E-state index is 0.00301. The Balaban J connectivity index is 0.000000143. The molecule has 14 rings (SSSR count). The Morgan fingerprint density at radius 1 is 0.479 bits per heavy atom. The van der Waals surface area contributed by atoms with Gasteiger partial charge in [-0.15, -0.1) is 9.15 Å². The normalized spacial score (nSPS) is 14.9. The number of carbonyl (C=O) groups excluding carboxylic acids is 2. The summed E-state index contributed by atoms with van der Waals surface area (Å²) >= 11 is 0. The van der Waals surface area contributed by atoms with Crippen LogP contribution >= 0.6 is 0 Å². The van der Waals surface area contributed by atoms with E-state index in [-0.39, 0.29) is 11.8 Å². The van der Waals surface area contributed by atoms with E-state index in [1.165, 1.54) is 33.4 Å². The van der Waals surface area contributed by atoms with Crippen molar-refractivity contribution in [1.29, 1.82) is 0 Å². The van der Waals surface area contributed by atoms with Gasteiger partial charge in [-0.1, -0.05) is 132 Å². The van der Waals surface area contributed by atoms with E-state index >= 15 is 0 Å². The largest absolute Gasteiger partial charge is 0.404 e. The maximum Gasteiger partial charge on any atom is 0.404 e. The fourth-order valence-corrected chi connectivity index (χ4v) is 11.5. The third-order valence-electron chi connectivity index (χ3n) is 14.4. The number of aromatic nitrogens is 2. The van der Waals surface area contributed by atoms with Crippen molar-refractivity contribution in [3.8, 4) is 0 Å². The molecule has 0 bridgehead atoms. The molecule has 2 aromatic heterocycles. The van der Waals surface area contributed by atoms with Crippen molar-refractivity contribution in [2.45, 2.75) is 87.0 Å². The van der Waals surface area contributed by atoms with Gasteiger partial charge in [0.2, 0.25) is 34.4 Å². The first-order chi connectivity index (χ1) is 34.5. The van der Waals surface area contributed by atoms with Crippen LogP contribution in [-0.2, 0) is 41.2 Å². The Hall–Kier alpha value is -8.38. The number of aryl methyl sites for hydroxylation is 6. The molecule has 8 aromatic rings. The number of hydrogen-bond donors (Lipinski definition) is 2. The third-order valence-corrected chi connectivity index (χ3v) is 14.4. The maximum atomic E-state index is 11.1. The predicted octanol–water partition coefficient (Wildman–Crippen LogP) is 9.86. The van der Waals surface area contributed by atoms with Gasteiger partial charge >= 0.3 is 5.91 Å². The van der Waals surface area contributed by atoms with Gasteiger partial charge in [0.15, 0.2) is 0 Å². The molecule has 8 heterocycles. The second-order valence-corrected chi connectivity index (χ2v) is 18.9. The van der Waals surface area contributed by atoms with Crippen LogP contribution in [0.5, 0.6) is 0 Å². The number of fused-ring (bicyclic) bond motifs is 12. The molecule has 0 saturated heterocycles. The van der Waals surface area contributed by atoms with E-state index in [4.69, 9.17) is 20.0 Å². The summed E-state index contributed by atoms with van der Waals surface area (Å²) in [7, 11) is 0. The molecule has 0 radical (unpaired) electrons. The van der Waals surface area contributed by atoms with Crippen molar-refractivity contribution in [2.75, 3.05) is 10.6 Å². The van der Waals surface area contributed by atoms with E-state index in [0.29, 0.717) is 0 Å². The van der Waals surface area contributed by atoms with E-state index < -0.39 is 5.91 Å². The molecule has 0 fully saturated rings. The lowest BCUT2D eigenvalue weighted by molar-refractivity contribution is -0.790. The molecule has 12 nitrogen and oxygen atoms in total. The second-order valence-electron chi connectivity index (χ2n) is 18.9. The zero-order valence-corrected chi connectivity index (χ0v) is 41.3. The van der Waals surface area contributed by atoms with Crippen LogP contribution in [0.15, 0.2) is 141 Å². The predicted molar refractivity (Wildman–Crippen MR) is 282 cm³/mol. The number of hydrogen-bond acceptors (Lipinski definition) is 6. The Morgan fingerprint density at radius 3 is 1.17 bits per heavy atom. The molecule has 0 atom stereocenters. The van der Waals surface area contributed by atoms with Gasteiger partial charge in [0.1, 0.15) is 0 Å². The molecule has 2 amide bonds. The molecule has 6 aromatic carbocycles. The number of benzene rings is 6. The van der Waals surface area contributed by atoms with Crippen molar-refractivity contribution >= 4 is 79.7 Å². The molecule has 12 heteroatoms. The van der Waals surface area contributed by atoms with Gasteiger partial charge < -0.3 is 10.6 Å². The number of carbonyl (C=O) groups is 2. The van der Waals surface area contributed by atoms with Crippen molar-refractivity contribution in [2.24, 2.45) is 20.0 Å². The molecule has 0 unspecified atom stereocenters. The lowest BCUT2D eigenvalue weighted by atomic mass is 9.99. The van der Waals surface area contributed by atoms with Gasteiger partial charge in [-0.3, -0.25) is 9.59 Å². The van der Waals surface area contributed by atoms with Crippen molar-refractivity contribution < 1.29 is 18.7 Å². The van der Waals surface area contributed by atoms with E-state index in [1.54, 1.807) is 13.8 Å². The summed E-state index contributed by atoms with van der Waals surface area (Å²) in [5.41, 5.74) is 15.6. The highest BCUT2D eigenvalue weighted by Gasteiger charge is 2.69. The molecular formula is C59H54N10O2+2. The molecule has 6 aliphatic heterocycles. The molecular weight excluding hydrogens is 881 g/mol.